The molecule has 5 rings (SSSR count). The molecule has 4 aliphatic rings. The molecule has 0 unspecified atom stereocenters. The summed E-state index contributed by atoms with van der Waals surface area (Å²) in [4.78, 5) is 20.7. The number of carbonyl (C=O) groups is 1. The third-order valence-electron chi connectivity index (χ3n) is 5.61. The van der Waals surface area contributed by atoms with Crippen molar-refractivity contribution in [2.24, 2.45) is 5.41 Å². The van der Waals surface area contributed by atoms with Crippen LogP contribution in [0.3, 0.4) is 0 Å². The molecule has 118 valence electrons. The first kappa shape index (κ1) is 13.6. The van der Waals surface area contributed by atoms with Gasteiger partial charge in [0.05, 0.1) is 6.04 Å². The number of rotatable bonds is 2. The number of amides is 2. The lowest BCUT2D eigenvalue weighted by Gasteiger charge is -2.59. The zero-order valence-electron chi connectivity index (χ0n) is 12.5. The van der Waals surface area contributed by atoms with Gasteiger partial charge < -0.3 is 9.80 Å². The van der Waals surface area contributed by atoms with Crippen molar-refractivity contribution in [3.8, 4) is 0 Å². The molecule has 7 heteroatoms. The van der Waals surface area contributed by atoms with Crippen LogP contribution in [0.1, 0.15) is 43.5 Å². The summed E-state index contributed by atoms with van der Waals surface area (Å²) in [5, 5.41) is 4.65. The lowest BCUT2D eigenvalue weighted by molar-refractivity contribution is -0.0759. The zero-order valence-corrected chi connectivity index (χ0v) is 14.6. The van der Waals surface area contributed by atoms with E-state index in [0.29, 0.717) is 21.3 Å². The maximum atomic E-state index is 12.2. The van der Waals surface area contributed by atoms with Crippen molar-refractivity contribution in [3.05, 3.63) is 12.2 Å². The Kier molecular flexibility index (Phi) is 2.82. The number of halogens is 1. The van der Waals surface area contributed by atoms with Crippen LogP contribution in [-0.4, -0.2) is 60.7 Å². The number of likely N-dealkylation sites (tertiary alicyclic amines) is 2. The molecule has 2 saturated heterocycles. The molecule has 0 atom stereocenters. The van der Waals surface area contributed by atoms with Gasteiger partial charge in [-0.25, -0.2) is 14.5 Å². The molecule has 6 nitrogen and oxygen atoms in total. The molecule has 0 aromatic carbocycles. The van der Waals surface area contributed by atoms with Gasteiger partial charge in [-0.1, -0.05) is 22.6 Å². The summed E-state index contributed by atoms with van der Waals surface area (Å²) in [5.41, 5.74) is 0.376. The molecule has 22 heavy (non-hydrogen) atoms. The Morgan fingerprint density at radius 2 is 1.95 bits per heavy atom. The van der Waals surface area contributed by atoms with Gasteiger partial charge in [-0.2, -0.15) is 5.10 Å². The molecular weight excluding hydrogens is 393 g/mol. The van der Waals surface area contributed by atoms with Crippen molar-refractivity contribution in [1.29, 1.82) is 0 Å². The van der Waals surface area contributed by atoms with E-state index < -0.39 is 0 Å². The molecule has 0 N–H and O–H groups in total. The second kappa shape index (κ2) is 4.58. The van der Waals surface area contributed by atoms with Crippen LogP contribution < -0.4 is 0 Å². The van der Waals surface area contributed by atoms with Crippen molar-refractivity contribution >= 4 is 28.6 Å². The van der Waals surface area contributed by atoms with Crippen molar-refractivity contribution in [2.45, 2.75) is 41.6 Å². The SMILES string of the molecule is O=C(N1CC(I)C1)N1CC2(CC(n3cnc(C4CC4)n3)C2)C1. The maximum absolute atomic E-state index is 12.2. The molecule has 0 bridgehead atoms. The summed E-state index contributed by atoms with van der Waals surface area (Å²) in [7, 11) is 0. The van der Waals surface area contributed by atoms with Gasteiger partial charge in [-0.15, -0.1) is 0 Å². The Bertz CT molecular complexity index is 607. The summed E-state index contributed by atoms with van der Waals surface area (Å²) in [6.45, 7) is 3.73. The monoisotopic (exact) mass is 413 g/mol. The van der Waals surface area contributed by atoms with Crippen molar-refractivity contribution in [2.75, 3.05) is 26.2 Å². The average molecular weight is 413 g/mol. The largest absolute Gasteiger partial charge is 0.323 e. The quantitative estimate of drug-likeness (QED) is 0.551. The Morgan fingerprint density at radius 1 is 1.23 bits per heavy atom. The number of alkyl halides is 1. The van der Waals surface area contributed by atoms with E-state index in [-0.39, 0.29) is 6.03 Å². The van der Waals surface area contributed by atoms with Crippen LogP contribution in [0.25, 0.3) is 0 Å². The van der Waals surface area contributed by atoms with Crippen LogP contribution >= 0.6 is 22.6 Å². The standard InChI is InChI=1S/C15H20IN5O/c16-11-5-19(6-11)14(22)20-7-15(8-20)3-12(4-15)21-9-17-13(18-21)10-1-2-10/h9-12H,1-8H2. The van der Waals surface area contributed by atoms with Crippen molar-refractivity contribution in [1.82, 2.24) is 24.6 Å². The van der Waals surface area contributed by atoms with E-state index in [1.165, 1.54) is 12.8 Å². The summed E-state index contributed by atoms with van der Waals surface area (Å²) < 4.78 is 2.72. The van der Waals surface area contributed by atoms with Gasteiger partial charge in [-0.3, -0.25) is 0 Å². The average Bonchev–Trinajstić information content (AvgIpc) is 3.11. The fourth-order valence-electron chi connectivity index (χ4n) is 4.06. The third-order valence-corrected chi connectivity index (χ3v) is 6.40. The second-order valence-electron chi connectivity index (χ2n) is 7.56. The van der Waals surface area contributed by atoms with Crippen LogP contribution in [0, 0.1) is 5.41 Å². The Morgan fingerprint density at radius 3 is 2.59 bits per heavy atom. The van der Waals surface area contributed by atoms with Gasteiger partial charge in [0.2, 0.25) is 0 Å². The molecular formula is C15H20IN5O. The Hall–Kier alpha value is -0.860. The molecule has 2 aliphatic carbocycles. The van der Waals surface area contributed by atoms with Gasteiger partial charge in [0, 0.05) is 41.4 Å². The highest BCUT2D eigenvalue weighted by Crippen LogP contribution is 2.54. The third kappa shape index (κ3) is 2.07. The number of hydrogen-bond acceptors (Lipinski definition) is 3. The minimum absolute atomic E-state index is 0.249. The summed E-state index contributed by atoms with van der Waals surface area (Å²) >= 11 is 2.41. The fourth-order valence-corrected chi connectivity index (χ4v) is 5.01. The van der Waals surface area contributed by atoms with E-state index >= 15 is 0 Å². The lowest BCUT2D eigenvalue weighted by atomic mass is 9.61. The zero-order chi connectivity index (χ0) is 14.9. The van der Waals surface area contributed by atoms with Crippen LogP contribution in [0.2, 0.25) is 0 Å². The first-order chi connectivity index (χ1) is 10.6. The predicted octanol–water partition coefficient (Wildman–Crippen LogP) is 2.03. The summed E-state index contributed by atoms with van der Waals surface area (Å²) in [6, 6.07) is 0.749. The maximum Gasteiger partial charge on any atom is 0.320 e. The summed E-state index contributed by atoms with van der Waals surface area (Å²) in [6.07, 6.45) is 6.72. The van der Waals surface area contributed by atoms with Crippen molar-refractivity contribution in [3.63, 3.8) is 0 Å². The minimum Gasteiger partial charge on any atom is -0.323 e. The smallest absolute Gasteiger partial charge is 0.320 e. The highest BCUT2D eigenvalue weighted by Gasteiger charge is 2.55. The van der Waals surface area contributed by atoms with Gasteiger partial charge >= 0.3 is 6.03 Å². The minimum atomic E-state index is 0.249. The van der Waals surface area contributed by atoms with Crippen molar-refractivity contribution < 1.29 is 4.79 Å². The number of urea groups is 1. The van der Waals surface area contributed by atoms with E-state index in [0.717, 1.165) is 44.8 Å². The topological polar surface area (TPSA) is 54.3 Å². The van der Waals surface area contributed by atoms with Crippen LogP contribution in [0.15, 0.2) is 6.33 Å². The molecule has 1 spiro atoms. The normalized spacial score (nSPS) is 27.5. The number of carbonyl (C=O) groups excluding carboxylic acids is 1. The van der Waals surface area contributed by atoms with Gasteiger partial charge in [0.15, 0.2) is 5.82 Å². The van der Waals surface area contributed by atoms with Gasteiger partial charge in [-0.05, 0) is 25.7 Å². The predicted molar refractivity (Wildman–Crippen MR) is 89.1 cm³/mol. The first-order valence-corrected chi connectivity index (χ1v) is 9.45. The number of nitrogens with zero attached hydrogens (tertiary/aromatic N) is 5. The molecule has 3 heterocycles. The van der Waals surface area contributed by atoms with E-state index in [9.17, 15) is 4.79 Å². The Balaban J connectivity index is 1.14. The molecule has 2 amide bonds. The first-order valence-electron chi connectivity index (χ1n) is 8.21. The van der Waals surface area contributed by atoms with E-state index in [1.54, 1.807) is 0 Å². The highest BCUT2D eigenvalue weighted by molar-refractivity contribution is 14.1. The molecule has 2 aliphatic heterocycles. The number of hydrogen-bond donors (Lipinski definition) is 0. The van der Waals surface area contributed by atoms with Crippen LogP contribution in [0.4, 0.5) is 4.79 Å². The molecule has 4 fully saturated rings. The van der Waals surface area contributed by atoms with E-state index in [4.69, 9.17) is 0 Å². The van der Waals surface area contributed by atoms with E-state index in [1.807, 2.05) is 16.1 Å². The molecule has 0 radical (unpaired) electrons. The fraction of sp³-hybridized carbons (Fsp3) is 0.800. The van der Waals surface area contributed by atoms with Crippen LogP contribution in [0.5, 0.6) is 0 Å². The molecule has 2 saturated carbocycles. The number of aromatic nitrogens is 3. The second-order valence-corrected chi connectivity index (χ2v) is 9.32. The molecule has 1 aromatic heterocycles. The van der Waals surface area contributed by atoms with Crippen LogP contribution in [-0.2, 0) is 0 Å². The molecule has 1 aromatic rings. The summed E-state index contributed by atoms with van der Waals surface area (Å²) in [5.74, 6) is 1.67. The van der Waals surface area contributed by atoms with E-state index in [2.05, 4.69) is 37.4 Å². The van der Waals surface area contributed by atoms with Gasteiger partial charge in [0.1, 0.15) is 6.33 Å². The highest BCUT2D eigenvalue weighted by atomic mass is 127. The lowest BCUT2D eigenvalue weighted by Crippen LogP contribution is -2.68. The van der Waals surface area contributed by atoms with Gasteiger partial charge in [0.25, 0.3) is 0 Å². The Labute approximate surface area is 143 Å².